The maximum Gasteiger partial charge on any atom is 0.338 e. The third-order valence-electron chi connectivity index (χ3n) is 3.23. The van der Waals surface area contributed by atoms with Gasteiger partial charge in [0.1, 0.15) is 5.75 Å². The highest BCUT2D eigenvalue weighted by Crippen LogP contribution is 2.28. The van der Waals surface area contributed by atoms with E-state index in [4.69, 9.17) is 9.47 Å². The summed E-state index contributed by atoms with van der Waals surface area (Å²) in [6, 6.07) is 11.5. The Kier molecular flexibility index (Phi) is 4.51. The van der Waals surface area contributed by atoms with Gasteiger partial charge in [-0.3, -0.25) is 0 Å². The summed E-state index contributed by atoms with van der Waals surface area (Å²) in [6.45, 7) is 0. The Hall–Kier alpha value is -2.34. The first kappa shape index (κ1) is 16.0. The van der Waals surface area contributed by atoms with Crippen molar-refractivity contribution >= 4 is 15.8 Å². The summed E-state index contributed by atoms with van der Waals surface area (Å²) in [5, 5.41) is 0. The molecule has 116 valence electrons. The predicted molar refractivity (Wildman–Crippen MR) is 82.9 cm³/mol. The van der Waals surface area contributed by atoms with Gasteiger partial charge in [-0.15, -0.1) is 0 Å². The maximum atomic E-state index is 12.0. The molecule has 2 rings (SSSR count). The van der Waals surface area contributed by atoms with E-state index in [9.17, 15) is 13.2 Å². The number of sulfone groups is 1. The minimum atomic E-state index is -3.40. The fraction of sp³-hybridized carbons (Fsp3) is 0.188. The van der Waals surface area contributed by atoms with E-state index < -0.39 is 15.8 Å². The standard InChI is InChI=1S/C16H16O5S/c1-20-12-6-4-11(5-7-12)14-9-8-13(22(3,18)19)10-15(14)16(17)21-2/h4-10H,1-3H3. The van der Waals surface area contributed by atoms with Crippen LogP contribution in [0.15, 0.2) is 47.4 Å². The van der Waals surface area contributed by atoms with E-state index in [-0.39, 0.29) is 10.5 Å². The molecule has 0 spiro atoms. The van der Waals surface area contributed by atoms with Crippen molar-refractivity contribution in [1.82, 2.24) is 0 Å². The topological polar surface area (TPSA) is 69.7 Å². The van der Waals surface area contributed by atoms with Crippen LogP contribution in [0.4, 0.5) is 0 Å². The number of ether oxygens (including phenoxy) is 2. The van der Waals surface area contributed by atoms with E-state index >= 15 is 0 Å². The van der Waals surface area contributed by atoms with Gasteiger partial charge in [0.25, 0.3) is 0 Å². The first-order valence-corrected chi connectivity index (χ1v) is 8.33. The zero-order valence-electron chi connectivity index (χ0n) is 12.5. The summed E-state index contributed by atoms with van der Waals surface area (Å²) >= 11 is 0. The Balaban J connectivity index is 2.61. The normalized spacial score (nSPS) is 11.0. The minimum absolute atomic E-state index is 0.0742. The van der Waals surface area contributed by atoms with Gasteiger partial charge >= 0.3 is 5.97 Å². The second-order valence-electron chi connectivity index (χ2n) is 4.70. The Morgan fingerprint density at radius 2 is 1.64 bits per heavy atom. The molecule has 0 amide bonds. The van der Waals surface area contributed by atoms with Crippen molar-refractivity contribution in [3.8, 4) is 16.9 Å². The number of benzene rings is 2. The summed E-state index contributed by atoms with van der Waals surface area (Å²) in [7, 11) is -0.582. The SMILES string of the molecule is COC(=O)c1cc(S(C)(=O)=O)ccc1-c1ccc(OC)cc1. The van der Waals surface area contributed by atoms with Crippen molar-refractivity contribution in [2.75, 3.05) is 20.5 Å². The van der Waals surface area contributed by atoms with Gasteiger partial charge in [-0.05, 0) is 35.4 Å². The molecule has 2 aromatic carbocycles. The molecule has 0 saturated carbocycles. The van der Waals surface area contributed by atoms with Crippen LogP contribution in [0, 0.1) is 0 Å². The lowest BCUT2D eigenvalue weighted by Crippen LogP contribution is -2.06. The fourth-order valence-electron chi connectivity index (χ4n) is 2.06. The van der Waals surface area contributed by atoms with Crippen LogP contribution in [0.2, 0.25) is 0 Å². The van der Waals surface area contributed by atoms with Crippen LogP contribution >= 0.6 is 0 Å². The molecule has 0 fully saturated rings. The number of rotatable bonds is 4. The van der Waals surface area contributed by atoms with Crippen molar-refractivity contribution in [1.29, 1.82) is 0 Å². The molecule has 0 aliphatic carbocycles. The van der Waals surface area contributed by atoms with E-state index in [1.165, 1.54) is 19.2 Å². The number of carbonyl (C=O) groups is 1. The van der Waals surface area contributed by atoms with Crippen molar-refractivity contribution < 1.29 is 22.7 Å². The largest absolute Gasteiger partial charge is 0.497 e. The van der Waals surface area contributed by atoms with Crippen LogP contribution in [0.3, 0.4) is 0 Å². The minimum Gasteiger partial charge on any atom is -0.497 e. The first-order valence-electron chi connectivity index (χ1n) is 6.43. The quantitative estimate of drug-likeness (QED) is 0.810. The summed E-state index contributed by atoms with van der Waals surface area (Å²) in [5.74, 6) is 0.104. The number of esters is 1. The van der Waals surface area contributed by atoms with Gasteiger partial charge in [0.15, 0.2) is 9.84 Å². The third-order valence-corrected chi connectivity index (χ3v) is 4.34. The molecular formula is C16H16O5S. The van der Waals surface area contributed by atoms with E-state index in [2.05, 4.69) is 0 Å². The van der Waals surface area contributed by atoms with Gasteiger partial charge in [-0.2, -0.15) is 0 Å². The van der Waals surface area contributed by atoms with Crippen LogP contribution in [0.1, 0.15) is 10.4 Å². The van der Waals surface area contributed by atoms with Crippen LogP contribution in [0.25, 0.3) is 11.1 Å². The van der Waals surface area contributed by atoms with Crippen molar-refractivity contribution in [2.45, 2.75) is 4.90 Å². The molecule has 0 bridgehead atoms. The molecule has 22 heavy (non-hydrogen) atoms. The lowest BCUT2D eigenvalue weighted by molar-refractivity contribution is 0.0601. The highest BCUT2D eigenvalue weighted by molar-refractivity contribution is 7.90. The molecule has 0 heterocycles. The predicted octanol–water partition coefficient (Wildman–Crippen LogP) is 2.55. The summed E-state index contributed by atoms with van der Waals surface area (Å²) in [6.07, 6.45) is 1.09. The van der Waals surface area contributed by atoms with Crippen LogP contribution in [-0.2, 0) is 14.6 Å². The smallest absolute Gasteiger partial charge is 0.338 e. The van der Waals surface area contributed by atoms with Crippen molar-refractivity contribution in [3.05, 3.63) is 48.0 Å². The van der Waals surface area contributed by atoms with Gasteiger partial charge in [0.05, 0.1) is 24.7 Å². The summed E-state index contributed by atoms with van der Waals surface area (Å²) in [5.41, 5.74) is 1.57. The molecule has 0 unspecified atom stereocenters. The van der Waals surface area contributed by atoms with Crippen LogP contribution in [0.5, 0.6) is 5.75 Å². The molecule has 0 aliphatic heterocycles. The Bertz CT molecular complexity index is 792. The molecule has 5 nitrogen and oxygen atoms in total. The third kappa shape index (κ3) is 3.28. The Morgan fingerprint density at radius 3 is 2.14 bits per heavy atom. The number of hydrogen-bond acceptors (Lipinski definition) is 5. The molecule has 0 atom stereocenters. The zero-order chi connectivity index (χ0) is 16.3. The first-order chi connectivity index (χ1) is 10.4. The summed E-state index contributed by atoms with van der Waals surface area (Å²) in [4.78, 5) is 12.0. The monoisotopic (exact) mass is 320 g/mol. The van der Waals surface area contributed by atoms with Gasteiger partial charge in [0, 0.05) is 6.26 Å². The van der Waals surface area contributed by atoms with E-state index in [0.717, 1.165) is 11.8 Å². The molecule has 0 aliphatic rings. The Morgan fingerprint density at radius 1 is 1.00 bits per heavy atom. The molecular weight excluding hydrogens is 304 g/mol. The maximum absolute atomic E-state index is 12.0. The second-order valence-corrected chi connectivity index (χ2v) is 6.72. The zero-order valence-corrected chi connectivity index (χ0v) is 13.3. The van der Waals surface area contributed by atoms with Gasteiger partial charge < -0.3 is 9.47 Å². The molecule has 0 N–H and O–H groups in total. The lowest BCUT2D eigenvalue weighted by atomic mass is 9.99. The summed E-state index contributed by atoms with van der Waals surface area (Å²) < 4.78 is 33.2. The highest BCUT2D eigenvalue weighted by Gasteiger charge is 2.17. The van der Waals surface area contributed by atoms with Crippen molar-refractivity contribution in [2.24, 2.45) is 0 Å². The van der Waals surface area contributed by atoms with Gasteiger partial charge in [-0.1, -0.05) is 18.2 Å². The molecule has 0 saturated heterocycles. The molecule has 0 radical (unpaired) electrons. The van der Waals surface area contributed by atoms with Crippen LogP contribution in [-0.4, -0.2) is 34.9 Å². The highest BCUT2D eigenvalue weighted by atomic mass is 32.2. The second kappa shape index (κ2) is 6.19. The van der Waals surface area contributed by atoms with E-state index in [0.29, 0.717) is 11.3 Å². The Labute approximate surface area is 129 Å². The van der Waals surface area contributed by atoms with Gasteiger partial charge in [0.2, 0.25) is 0 Å². The van der Waals surface area contributed by atoms with E-state index in [1.807, 2.05) is 0 Å². The van der Waals surface area contributed by atoms with Crippen LogP contribution < -0.4 is 4.74 Å². The number of hydrogen-bond donors (Lipinski definition) is 0. The molecule has 6 heteroatoms. The van der Waals surface area contributed by atoms with E-state index in [1.54, 1.807) is 37.4 Å². The molecule has 0 aromatic heterocycles. The lowest BCUT2D eigenvalue weighted by Gasteiger charge is -2.10. The average Bonchev–Trinajstić information content (AvgIpc) is 2.52. The fourth-order valence-corrected chi connectivity index (χ4v) is 2.70. The van der Waals surface area contributed by atoms with Crippen molar-refractivity contribution in [3.63, 3.8) is 0 Å². The molecule has 2 aromatic rings. The van der Waals surface area contributed by atoms with Gasteiger partial charge in [-0.25, -0.2) is 13.2 Å². The number of methoxy groups -OCH3 is 2. The average molecular weight is 320 g/mol. The number of carbonyl (C=O) groups excluding carboxylic acids is 1.